The lowest BCUT2D eigenvalue weighted by Crippen LogP contribution is -2.55. The Labute approximate surface area is 251 Å². The van der Waals surface area contributed by atoms with E-state index in [-0.39, 0.29) is 39.5 Å². The van der Waals surface area contributed by atoms with Crippen LogP contribution in [0.2, 0.25) is 15.1 Å². The van der Waals surface area contributed by atoms with Gasteiger partial charge in [0.1, 0.15) is 12.6 Å². The highest BCUT2D eigenvalue weighted by molar-refractivity contribution is 7.92. The first-order valence-electron chi connectivity index (χ1n) is 12.6. The molecule has 0 aliphatic carbocycles. The van der Waals surface area contributed by atoms with Crippen molar-refractivity contribution in [1.82, 2.24) is 10.2 Å². The lowest BCUT2D eigenvalue weighted by atomic mass is 10.1. The van der Waals surface area contributed by atoms with Crippen molar-refractivity contribution in [2.45, 2.75) is 57.1 Å². The van der Waals surface area contributed by atoms with E-state index in [9.17, 15) is 18.0 Å². The molecule has 40 heavy (non-hydrogen) atoms. The molecule has 3 aromatic rings. The van der Waals surface area contributed by atoms with Crippen LogP contribution in [0.25, 0.3) is 0 Å². The van der Waals surface area contributed by atoms with Gasteiger partial charge in [-0.3, -0.25) is 13.9 Å². The molecule has 0 radical (unpaired) electrons. The van der Waals surface area contributed by atoms with Crippen molar-refractivity contribution in [2.75, 3.05) is 10.8 Å². The van der Waals surface area contributed by atoms with Crippen LogP contribution in [0.5, 0.6) is 0 Å². The van der Waals surface area contributed by atoms with Crippen molar-refractivity contribution in [2.24, 2.45) is 0 Å². The maximum absolute atomic E-state index is 14.1. The van der Waals surface area contributed by atoms with Crippen LogP contribution in [0.1, 0.15) is 39.7 Å². The van der Waals surface area contributed by atoms with Gasteiger partial charge in [0.25, 0.3) is 10.0 Å². The van der Waals surface area contributed by atoms with Crippen molar-refractivity contribution in [3.8, 4) is 0 Å². The predicted octanol–water partition coefficient (Wildman–Crippen LogP) is 6.56. The van der Waals surface area contributed by atoms with E-state index in [0.717, 1.165) is 4.31 Å². The van der Waals surface area contributed by atoms with E-state index in [1.165, 1.54) is 35.2 Å². The Morgan fingerprint density at radius 3 is 2.08 bits per heavy atom. The molecule has 0 aromatic heterocycles. The Hall–Kier alpha value is -2.78. The van der Waals surface area contributed by atoms with Crippen LogP contribution >= 0.6 is 34.8 Å². The molecule has 1 N–H and O–H groups in total. The largest absolute Gasteiger partial charge is 0.350 e. The number of rotatable bonds is 10. The number of benzene rings is 3. The average molecular weight is 625 g/mol. The summed E-state index contributed by atoms with van der Waals surface area (Å²) in [6.07, 6.45) is 0.288. The van der Waals surface area contributed by atoms with E-state index in [2.05, 4.69) is 5.32 Å². The summed E-state index contributed by atoms with van der Waals surface area (Å²) in [5, 5.41) is 3.72. The van der Waals surface area contributed by atoms with Crippen molar-refractivity contribution in [1.29, 1.82) is 0 Å². The zero-order valence-electron chi connectivity index (χ0n) is 22.7. The highest BCUT2D eigenvalue weighted by atomic mass is 35.5. The number of hydrogen-bond acceptors (Lipinski definition) is 4. The molecule has 11 heteroatoms. The van der Waals surface area contributed by atoms with Gasteiger partial charge in [-0.2, -0.15) is 0 Å². The van der Waals surface area contributed by atoms with Crippen molar-refractivity contribution in [3.05, 3.63) is 93.4 Å². The first-order chi connectivity index (χ1) is 18.7. The van der Waals surface area contributed by atoms with Gasteiger partial charge in [0.15, 0.2) is 0 Å². The minimum Gasteiger partial charge on any atom is -0.350 e. The summed E-state index contributed by atoms with van der Waals surface area (Å²) in [7, 11) is -4.22. The summed E-state index contributed by atoms with van der Waals surface area (Å²) in [5.74, 6) is -0.955. The SMILES string of the molecule is CCC(C(=O)NC(C)(C)C)N(Cc1ccccc1Cl)C(=O)CN(c1ccc(Cl)c(Cl)c1)S(=O)(=O)c1ccccc1. The number of halogens is 3. The van der Waals surface area contributed by atoms with Gasteiger partial charge in [0.2, 0.25) is 11.8 Å². The van der Waals surface area contributed by atoms with Crippen molar-refractivity contribution in [3.63, 3.8) is 0 Å². The summed E-state index contributed by atoms with van der Waals surface area (Å²) in [6, 6.07) is 18.2. The fourth-order valence-electron chi connectivity index (χ4n) is 4.07. The fraction of sp³-hybridized carbons (Fsp3) is 0.310. The number of amides is 2. The van der Waals surface area contributed by atoms with Gasteiger partial charge in [-0.1, -0.05) is 78.1 Å². The van der Waals surface area contributed by atoms with Crippen molar-refractivity contribution < 1.29 is 18.0 Å². The van der Waals surface area contributed by atoms with Gasteiger partial charge < -0.3 is 10.2 Å². The molecule has 7 nitrogen and oxygen atoms in total. The first-order valence-corrected chi connectivity index (χ1v) is 15.2. The standard InChI is InChI=1S/C29H32Cl3N3O4S/c1-5-26(28(37)33-29(2,3)4)34(18-20-11-9-10-14-23(20)30)27(36)19-35(21-15-16-24(31)25(32)17-21)40(38,39)22-12-7-6-8-13-22/h6-17,26H,5,18-19H2,1-4H3,(H,33,37). The van der Waals surface area contributed by atoms with Gasteiger partial charge in [-0.25, -0.2) is 8.42 Å². The van der Waals surface area contributed by atoms with Crippen LogP contribution in [0.3, 0.4) is 0 Å². The van der Waals surface area contributed by atoms with Crippen LogP contribution in [0.15, 0.2) is 77.7 Å². The molecule has 1 atom stereocenters. The van der Waals surface area contributed by atoms with Gasteiger partial charge in [-0.15, -0.1) is 0 Å². The number of anilines is 1. The Kier molecular flexibility index (Phi) is 10.5. The third-order valence-corrected chi connectivity index (χ3v) is 8.88. The second-order valence-electron chi connectivity index (χ2n) is 10.2. The molecule has 0 aliphatic heterocycles. The van der Waals surface area contributed by atoms with Gasteiger partial charge >= 0.3 is 0 Å². The molecular formula is C29H32Cl3N3O4S. The number of nitrogens with zero attached hydrogens (tertiary/aromatic N) is 2. The van der Waals surface area contributed by atoms with Crippen LogP contribution < -0.4 is 9.62 Å². The molecule has 2 amide bonds. The molecule has 214 valence electrons. The van der Waals surface area contributed by atoms with Crippen LogP contribution in [-0.2, 0) is 26.2 Å². The maximum atomic E-state index is 14.1. The summed E-state index contributed by atoms with van der Waals surface area (Å²) < 4.78 is 28.7. The smallest absolute Gasteiger partial charge is 0.264 e. The van der Waals surface area contributed by atoms with Crippen LogP contribution in [0, 0.1) is 0 Å². The molecule has 0 heterocycles. The van der Waals surface area contributed by atoms with Crippen LogP contribution in [0.4, 0.5) is 5.69 Å². The van der Waals surface area contributed by atoms with Gasteiger partial charge in [0, 0.05) is 17.1 Å². The first kappa shape index (κ1) is 31.7. The Balaban J connectivity index is 2.10. The van der Waals surface area contributed by atoms with E-state index in [1.54, 1.807) is 49.4 Å². The number of nitrogens with one attached hydrogen (secondary N) is 1. The molecule has 1 unspecified atom stereocenters. The van der Waals surface area contributed by atoms with E-state index in [1.807, 2.05) is 20.8 Å². The highest BCUT2D eigenvalue weighted by Gasteiger charge is 2.35. The molecule has 0 saturated heterocycles. The van der Waals surface area contributed by atoms with Gasteiger partial charge in [0.05, 0.1) is 20.6 Å². The lowest BCUT2D eigenvalue weighted by Gasteiger charge is -2.35. The third kappa shape index (κ3) is 7.91. The molecule has 0 saturated carbocycles. The molecule has 3 rings (SSSR count). The second-order valence-corrected chi connectivity index (χ2v) is 13.3. The molecule has 0 bridgehead atoms. The Morgan fingerprint density at radius 2 is 1.50 bits per heavy atom. The average Bonchev–Trinajstić information content (AvgIpc) is 2.89. The van der Waals surface area contributed by atoms with Gasteiger partial charge in [-0.05, 0) is 69.2 Å². The van der Waals surface area contributed by atoms with Crippen LogP contribution in [-0.4, -0.2) is 43.3 Å². The number of hydrogen-bond donors (Lipinski definition) is 1. The minimum absolute atomic E-state index is 0.00479. The molecule has 3 aromatic carbocycles. The quantitative estimate of drug-likeness (QED) is 0.277. The van der Waals surface area contributed by atoms with E-state index in [4.69, 9.17) is 34.8 Å². The zero-order chi connectivity index (χ0) is 29.7. The maximum Gasteiger partial charge on any atom is 0.264 e. The van der Waals surface area contributed by atoms with E-state index >= 15 is 0 Å². The van der Waals surface area contributed by atoms with E-state index in [0.29, 0.717) is 10.6 Å². The minimum atomic E-state index is -4.22. The normalized spacial score (nSPS) is 12.5. The topological polar surface area (TPSA) is 86.8 Å². The summed E-state index contributed by atoms with van der Waals surface area (Å²) in [5.41, 5.74) is 0.217. The second kappa shape index (κ2) is 13.3. The predicted molar refractivity (Wildman–Crippen MR) is 161 cm³/mol. The molecule has 0 aliphatic rings. The Bertz CT molecular complexity index is 1460. The Morgan fingerprint density at radius 1 is 0.875 bits per heavy atom. The molecular weight excluding hydrogens is 593 g/mol. The third-order valence-electron chi connectivity index (χ3n) is 5.98. The van der Waals surface area contributed by atoms with E-state index < -0.39 is 34.1 Å². The monoisotopic (exact) mass is 623 g/mol. The zero-order valence-corrected chi connectivity index (χ0v) is 25.8. The highest BCUT2D eigenvalue weighted by Crippen LogP contribution is 2.31. The summed E-state index contributed by atoms with van der Waals surface area (Å²) in [4.78, 5) is 28.8. The fourth-order valence-corrected chi connectivity index (χ4v) is 5.99. The number of carbonyl (C=O) groups excluding carboxylic acids is 2. The summed E-state index contributed by atoms with van der Waals surface area (Å²) >= 11 is 18.8. The number of sulfonamides is 1. The summed E-state index contributed by atoms with van der Waals surface area (Å²) in [6.45, 7) is 6.72. The lowest BCUT2D eigenvalue weighted by molar-refractivity contribution is -0.141. The number of carbonyl (C=O) groups is 2. The molecule has 0 fully saturated rings. The molecule has 0 spiro atoms. The van der Waals surface area contributed by atoms with Crippen molar-refractivity contribution >= 4 is 62.3 Å².